The van der Waals surface area contributed by atoms with E-state index in [0.717, 1.165) is 6.07 Å². The second-order valence-corrected chi connectivity index (χ2v) is 5.21. The van der Waals surface area contributed by atoms with Crippen LogP contribution in [-0.4, -0.2) is 34.7 Å². The molecule has 8 heteroatoms. The van der Waals surface area contributed by atoms with Crippen LogP contribution in [0.25, 0.3) is 0 Å². The Morgan fingerprint density at radius 2 is 2.00 bits per heavy atom. The molecule has 1 saturated heterocycles. The Morgan fingerprint density at radius 1 is 1.38 bits per heavy atom. The molecule has 1 amide bonds. The van der Waals surface area contributed by atoms with Crippen molar-refractivity contribution < 1.29 is 18.5 Å². The predicted molar refractivity (Wildman–Crippen MR) is 72.4 cm³/mol. The summed E-state index contributed by atoms with van der Waals surface area (Å²) in [4.78, 5) is 23.2. The molecule has 0 unspecified atom stereocenters. The number of hydrogen-bond acceptors (Lipinski definition) is 3. The zero-order valence-corrected chi connectivity index (χ0v) is 11.8. The number of alkyl halides is 1. The molecular weight excluding hydrogens is 306 g/mol. The van der Waals surface area contributed by atoms with Gasteiger partial charge in [0, 0.05) is 25.0 Å². The fraction of sp³-hybridized carbons (Fsp3) is 0.462. The maximum atomic E-state index is 14.0. The summed E-state index contributed by atoms with van der Waals surface area (Å²) >= 11 is 5.73. The quantitative estimate of drug-likeness (QED) is 0.489. The molecule has 0 spiro atoms. The maximum Gasteiger partial charge on any atom is 0.305 e. The van der Waals surface area contributed by atoms with E-state index in [1.54, 1.807) is 0 Å². The topological polar surface area (TPSA) is 63.4 Å². The first-order chi connectivity index (χ1) is 9.95. The van der Waals surface area contributed by atoms with Gasteiger partial charge in [-0.25, -0.2) is 4.39 Å². The van der Waals surface area contributed by atoms with Crippen LogP contribution in [0.3, 0.4) is 0 Å². The predicted octanol–water partition coefficient (Wildman–Crippen LogP) is 2.96. The number of piperidine rings is 1. The Hall–Kier alpha value is -1.76. The molecule has 2 rings (SSSR count). The second-order valence-electron chi connectivity index (χ2n) is 4.90. The van der Waals surface area contributed by atoms with Crippen molar-refractivity contribution >= 4 is 23.2 Å². The van der Waals surface area contributed by atoms with E-state index in [1.807, 2.05) is 0 Å². The first-order valence-corrected chi connectivity index (χ1v) is 6.96. The van der Waals surface area contributed by atoms with Crippen LogP contribution >= 0.6 is 11.6 Å². The molecule has 0 bridgehead atoms. The smallest absolute Gasteiger partial charge is 0.305 e. The zero-order chi connectivity index (χ0) is 15.6. The van der Waals surface area contributed by atoms with E-state index in [9.17, 15) is 23.7 Å². The third kappa shape index (κ3) is 3.12. The van der Waals surface area contributed by atoms with Crippen molar-refractivity contribution in [2.24, 2.45) is 5.92 Å². The van der Waals surface area contributed by atoms with E-state index in [1.165, 1.54) is 4.90 Å². The van der Waals surface area contributed by atoms with Crippen molar-refractivity contribution in [2.75, 3.05) is 19.0 Å². The maximum absolute atomic E-state index is 14.0. The van der Waals surface area contributed by atoms with Crippen molar-refractivity contribution in [1.82, 2.24) is 4.90 Å². The summed E-state index contributed by atoms with van der Waals surface area (Å²) in [5.41, 5.74) is -1.77. The molecule has 5 nitrogen and oxygen atoms in total. The Balaban J connectivity index is 2.27. The van der Waals surface area contributed by atoms with E-state index in [0.29, 0.717) is 37.9 Å². The third-order valence-corrected chi connectivity index (χ3v) is 4.04. The molecule has 1 aromatic rings. The van der Waals surface area contributed by atoms with Gasteiger partial charge in [-0.05, 0) is 24.8 Å². The van der Waals surface area contributed by atoms with E-state index >= 15 is 0 Å². The highest BCUT2D eigenvalue weighted by Crippen LogP contribution is 2.26. The van der Waals surface area contributed by atoms with Gasteiger partial charge in [0.2, 0.25) is 5.82 Å². The zero-order valence-electron chi connectivity index (χ0n) is 11.0. The lowest BCUT2D eigenvalue weighted by atomic mass is 9.98. The van der Waals surface area contributed by atoms with Crippen LogP contribution in [0.1, 0.15) is 23.2 Å². The number of rotatable bonds is 3. The summed E-state index contributed by atoms with van der Waals surface area (Å²) in [6.07, 6.45) is 1.29. The molecule has 0 saturated carbocycles. The van der Waals surface area contributed by atoms with Gasteiger partial charge in [0.25, 0.3) is 5.91 Å². The summed E-state index contributed by atoms with van der Waals surface area (Å²) in [6.45, 7) is 0.662. The van der Waals surface area contributed by atoms with E-state index in [4.69, 9.17) is 11.6 Å². The van der Waals surface area contributed by atoms with Crippen LogP contribution in [-0.2, 0) is 0 Å². The van der Waals surface area contributed by atoms with Crippen LogP contribution < -0.4 is 0 Å². The number of halogens is 3. The van der Waals surface area contributed by atoms with Crippen molar-refractivity contribution in [3.05, 3.63) is 39.4 Å². The molecule has 0 aromatic heterocycles. The van der Waals surface area contributed by atoms with E-state index in [2.05, 4.69) is 0 Å². The number of nitro benzene ring substituents is 1. The number of hydrogen-bond donors (Lipinski definition) is 0. The molecule has 1 heterocycles. The molecule has 21 heavy (non-hydrogen) atoms. The average molecular weight is 319 g/mol. The molecule has 0 radical (unpaired) electrons. The lowest BCUT2D eigenvalue weighted by molar-refractivity contribution is -0.387. The largest absolute Gasteiger partial charge is 0.338 e. The van der Waals surface area contributed by atoms with Crippen molar-refractivity contribution in [2.45, 2.75) is 12.8 Å². The monoisotopic (exact) mass is 318 g/mol. The number of carbonyl (C=O) groups excluding carboxylic acids is 1. The highest BCUT2D eigenvalue weighted by molar-refractivity contribution is 6.18. The normalized spacial score (nSPS) is 16.0. The van der Waals surface area contributed by atoms with Gasteiger partial charge in [0.05, 0.1) is 4.92 Å². The molecule has 1 aromatic carbocycles. The molecule has 0 aliphatic carbocycles. The second kappa shape index (κ2) is 6.34. The van der Waals surface area contributed by atoms with Gasteiger partial charge in [0.1, 0.15) is 11.4 Å². The Morgan fingerprint density at radius 3 is 2.52 bits per heavy atom. The molecule has 0 atom stereocenters. The Bertz CT molecular complexity index is 575. The van der Waals surface area contributed by atoms with Crippen molar-refractivity contribution in [3.63, 3.8) is 0 Å². The highest BCUT2D eigenvalue weighted by atomic mass is 35.5. The average Bonchev–Trinajstić information content (AvgIpc) is 2.46. The lowest BCUT2D eigenvalue weighted by Gasteiger charge is -2.31. The summed E-state index contributed by atoms with van der Waals surface area (Å²) < 4.78 is 27.7. The molecule has 0 N–H and O–H groups in total. The minimum absolute atomic E-state index is 0.274. The SMILES string of the molecule is O=C(c1c(F)ccc([N+](=O)[O-])c1F)N1CCC(CCl)CC1. The first-order valence-electron chi connectivity index (χ1n) is 6.43. The Labute approximate surface area is 124 Å². The molecular formula is C13H13ClF2N2O3. The minimum atomic E-state index is -1.43. The highest BCUT2D eigenvalue weighted by Gasteiger charge is 2.31. The van der Waals surface area contributed by atoms with Gasteiger partial charge < -0.3 is 4.90 Å². The van der Waals surface area contributed by atoms with Crippen LogP contribution in [0.15, 0.2) is 12.1 Å². The van der Waals surface area contributed by atoms with Gasteiger partial charge in [-0.2, -0.15) is 4.39 Å². The van der Waals surface area contributed by atoms with Gasteiger partial charge in [-0.1, -0.05) is 0 Å². The number of carbonyl (C=O) groups is 1. The minimum Gasteiger partial charge on any atom is -0.338 e. The summed E-state index contributed by atoms with van der Waals surface area (Å²) in [6, 6.07) is 1.45. The standard InChI is InChI=1S/C13H13ClF2N2O3/c14-7-8-3-5-17(6-4-8)13(19)11-9(15)1-2-10(12(11)16)18(20)21/h1-2,8H,3-7H2. The number of likely N-dealkylation sites (tertiary alicyclic amines) is 1. The van der Waals surface area contributed by atoms with Crippen molar-refractivity contribution in [1.29, 1.82) is 0 Å². The number of nitrogens with zero attached hydrogens (tertiary/aromatic N) is 2. The molecule has 114 valence electrons. The number of benzene rings is 1. The fourth-order valence-corrected chi connectivity index (χ4v) is 2.64. The fourth-order valence-electron chi connectivity index (χ4n) is 2.33. The number of nitro groups is 1. The molecule has 1 fully saturated rings. The third-order valence-electron chi connectivity index (χ3n) is 3.60. The Kier molecular flexibility index (Phi) is 4.72. The van der Waals surface area contributed by atoms with Gasteiger partial charge >= 0.3 is 5.69 Å². The van der Waals surface area contributed by atoms with Crippen molar-refractivity contribution in [3.8, 4) is 0 Å². The first kappa shape index (κ1) is 15.6. The summed E-state index contributed by atoms with van der Waals surface area (Å²) in [5, 5.41) is 10.7. The van der Waals surface area contributed by atoms with Crippen LogP contribution in [0.2, 0.25) is 0 Å². The van der Waals surface area contributed by atoms with E-state index in [-0.39, 0.29) is 5.92 Å². The molecule has 1 aliphatic rings. The summed E-state index contributed by atoms with van der Waals surface area (Å²) in [7, 11) is 0. The van der Waals surface area contributed by atoms with Gasteiger partial charge in [0.15, 0.2) is 0 Å². The van der Waals surface area contributed by atoms with Gasteiger partial charge in [-0.15, -0.1) is 11.6 Å². The summed E-state index contributed by atoms with van der Waals surface area (Å²) in [5.74, 6) is -2.63. The number of amides is 1. The van der Waals surface area contributed by atoms with Crippen LogP contribution in [0.4, 0.5) is 14.5 Å². The lowest BCUT2D eigenvalue weighted by Crippen LogP contribution is -2.39. The van der Waals surface area contributed by atoms with Crippen LogP contribution in [0, 0.1) is 27.7 Å². The van der Waals surface area contributed by atoms with Crippen LogP contribution in [0.5, 0.6) is 0 Å². The van der Waals surface area contributed by atoms with E-state index < -0.39 is 33.7 Å². The molecule has 1 aliphatic heterocycles. The van der Waals surface area contributed by atoms with Gasteiger partial charge in [-0.3, -0.25) is 14.9 Å².